The molecule has 17 heavy (non-hydrogen) atoms. The highest BCUT2D eigenvalue weighted by Crippen LogP contribution is 2.41. The number of hydrogen-bond acceptors (Lipinski definition) is 1. The van der Waals surface area contributed by atoms with Crippen LogP contribution in [0.3, 0.4) is 0 Å². The fourth-order valence-corrected chi connectivity index (χ4v) is 3.27. The fourth-order valence-electron chi connectivity index (χ4n) is 3.27. The van der Waals surface area contributed by atoms with Gasteiger partial charge in [0.05, 0.1) is 0 Å². The van der Waals surface area contributed by atoms with E-state index in [0.29, 0.717) is 5.41 Å². The number of aryl methyl sites for hydroxylation is 1. The summed E-state index contributed by atoms with van der Waals surface area (Å²) in [5, 5.41) is 3.64. The van der Waals surface area contributed by atoms with Crippen molar-refractivity contribution in [3.05, 3.63) is 35.4 Å². The number of benzene rings is 1. The van der Waals surface area contributed by atoms with Crippen LogP contribution in [0.4, 0.5) is 0 Å². The molecule has 0 spiro atoms. The van der Waals surface area contributed by atoms with Crippen LogP contribution in [0.2, 0.25) is 0 Å². The van der Waals surface area contributed by atoms with Gasteiger partial charge in [0.15, 0.2) is 0 Å². The third-order valence-corrected chi connectivity index (χ3v) is 4.17. The first-order valence-corrected chi connectivity index (χ1v) is 7.05. The first kappa shape index (κ1) is 12.6. The second-order valence-corrected chi connectivity index (χ2v) is 5.48. The van der Waals surface area contributed by atoms with Gasteiger partial charge in [-0.2, -0.15) is 0 Å². The van der Waals surface area contributed by atoms with Gasteiger partial charge in [0.1, 0.15) is 0 Å². The Morgan fingerprint density at radius 2 is 1.88 bits per heavy atom. The maximum absolute atomic E-state index is 3.64. The van der Waals surface area contributed by atoms with Gasteiger partial charge in [-0.05, 0) is 43.9 Å². The van der Waals surface area contributed by atoms with Gasteiger partial charge in [0.25, 0.3) is 0 Å². The van der Waals surface area contributed by atoms with Crippen molar-refractivity contribution < 1.29 is 0 Å². The van der Waals surface area contributed by atoms with Crippen LogP contribution in [-0.2, 0) is 5.41 Å². The fraction of sp³-hybridized carbons (Fsp3) is 0.625. The van der Waals surface area contributed by atoms with Crippen molar-refractivity contribution in [2.75, 3.05) is 13.1 Å². The molecular formula is C16H25N. The number of hydrogen-bond donors (Lipinski definition) is 1. The van der Waals surface area contributed by atoms with Crippen LogP contribution >= 0.6 is 0 Å². The quantitative estimate of drug-likeness (QED) is 0.760. The molecule has 1 fully saturated rings. The Bertz CT molecular complexity index is 350. The summed E-state index contributed by atoms with van der Waals surface area (Å²) in [7, 11) is 0. The molecule has 1 aromatic carbocycles. The van der Waals surface area contributed by atoms with Crippen molar-refractivity contribution in [2.24, 2.45) is 0 Å². The summed E-state index contributed by atoms with van der Waals surface area (Å²) in [5.74, 6) is 0. The highest BCUT2D eigenvalue weighted by atomic mass is 14.9. The van der Waals surface area contributed by atoms with E-state index in [0.717, 1.165) is 13.1 Å². The van der Waals surface area contributed by atoms with E-state index < -0.39 is 0 Å². The van der Waals surface area contributed by atoms with Gasteiger partial charge in [-0.15, -0.1) is 0 Å². The maximum atomic E-state index is 3.64. The zero-order valence-corrected chi connectivity index (χ0v) is 11.3. The van der Waals surface area contributed by atoms with Crippen molar-refractivity contribution in [2.45, 2.75) is 51.4 Å². The van der Waals surface area contributed by atoms with E-state index in [-0.39, 0.29) is 0 Å². The first-order valence-electron chi connectivity index (χ1n) is 7.05. The molecule has 0 aromatic heterocycles. The molecule has 94 valence electrons. The molecule has 1 nitrogen and oxygen atoms in total. The van der Waals surface area contributed by atoms with E-state index in [1.807, 2.05) is 0 Å². The average molecular weight is 231 g/mol. The molecule has 0 saturated heterocycles. The molecule has 0 atom stereocenters. The molecule has 2 rings (SSSR count). The second-order valence-electron chi connectivity index (χ2n) is 5.48. The molecule has 0 unspecified atom stereocenters. The Balaban J connectivity index is 2.19. The molecule has 0 amide bonds. The molecule has 1 saturated carbocycles. The van der Waals surface area contributed by atoms with E-state index in [1.165, 1.54) is 37.7 Å². The Morgan fingerprint density at radius 3 is 2.53 bits per heavy atom. The lowest BCUT2D eigenvalue weighted by Gasteiger charge is -2.31. The third kappa shape index (κ3) is 2.71. The predicted molar refractivity (Wildman–Crippen MR) is 74.5 cm³/mol. The lowest BCUT2D eigenvalue weighted by molar-refractivity contribution is 0.404. The third-order valence-electron chi connectivity index (χ3n) is 4.17. The van der Waals surface area contributed by atoms with Crippen LogP contribution in [0, 0.1) is 6.92 Å². The summed E-state index contributed by atoms with van der Waals surface area (Å²) in [6.07, 6.45) is 6.72. The molecule has 0 heterocycles. The standard InChI is InChI=1S/C16H25N/c1-3-12-17-13-16(10-6-7-11-16)15-9-5-4-8-14(15)2/h4-5,8-9,17H,3,6-7,10-13H2,1-2H3. The van der Waals surface area contributed by atoms with Crippen molar-refractivity contribution in [3.8, 4) is 0 Å². The minimum atomic E-state index is 0.417. The van der Waals surface area contributed by atoms with Crippen LogP contribution in [0.5, 0.6) is 0 Å². The highest BCUT2D eigenvalue weighted by molar-refractivity contribution is 5.34. The van der Waals surface area contributed by atoms with E-state index in [1.54, 1.807) is 5.56 Å². The first-order chi connectivity index (χ1) is 8.28. The predicted octanol–water partition coefficient (Wildman–Crippen LogP) is 3.81. The molecule has 0 bridgehead atoms. The smallest absolute Gasteiger partial charge is 0.00804 e. The van der Waals surface area contributed by atoms with Gasteiger partial charge >= 0.3 is 0 Å². The molecule has 1 aromatic rings. The molecule has 1 aliphatic carbocycles. The minimum Gasteiger partial charge on any atom is -0.316 e. The zero-order chi connectivity index (χ0) is 12.1. The topological polar surface area (TPSA) is 12.0 Å². The van der Waals surface area contributed by atoms with Crippen molar-refractivity contribution >= 4 is 0 Å². The summed E-state index contributed by atoms with van der Waals surface area (Å²) < 4.78 is 0. The number of rotatable bonds is 5. The summed E-state index contributed by atoms with van der Waals surface area (Å²) in [4.78, 5) is 0. The molecule has 1 N–H and O–H groups in total. The summed E-state index contributed by atoms with van der Waals surface area (Å²) in [6.45, 7) is 6.80. The lowest BCUT2D eigenvalue weighted by Crippen LogP contribution is -2.36. The average Bonchev–Trinajstić information content (AvgIpc) is 2.80. The van der Waals surface area contributed by atoms with E-state index in [2.05, 4.69) is 43.4 Å². The van der Waals surface area contributed by atoms with Crippen LogP contribution < -0.4 is 5.32 Å². The van der Waals surface area contributed by atoms with Crippen LogP contribution in [-0.4, -0.2) is 13.1 Å². The Labute approximate surface area is 106 Å². The normalized spacial score (nSPS) is 18.5. The number of nitrogens with one attached hydrogen (secondary N) is 1. The monoisotopic (exact) mass is 231 g/mol. The van der Waals surface area contributed by atoms with Gasteiger partial charge in [-0.3, -0.25) is 0 Å². The van der Waals surface area contributed by atoms with E-state index in [9.17, 15) is 0 Å². The lowest BCUT2D eigenvalue weighted by atomic mass is 9.77. The largest absolute Gasteiger partial charge is 0.316 e. The molecule has 0 radical (unpaired) electrons. The SMILES string of the molecule is CCCNCC1(c2ccccc2C)CCCC1. The molecular weight excluding hydrogens is 206 g/mol. The minimum absolute atomic E-state index is 0.417. The van der Waals surface area contributed by atoms with Crippen LogP contribution in [0.1, 0.15) is 50.2 Å². The summed E-state index contributed by atoms with van der Waals surface area (Å²) in [6, 6.07) is 8.95. The van der Waals surface area contributed by atoms with Crippen molar-refractivity contribution in [1.29, 1.82) is 0 Å². The second kappa shape index (κ2) is 5.68. The maximum Gasteiger partial charge on any atom is 0.00804 e. The van der Waals surface area contributed by atoms with Crippen LogP contribution in [0.15, 0.2) is 24.3 Å². The van der Waals surface area contributed by atoms with Crippen molar-refractivity contribution in [1.82, 2.24) is 5.32 Å². The van der Waals surface area contributed by atoms with E-state index in [4.69, 9.17) is 0 Å². The van der Waals surface area contributed by atoms with Gasteiger partial charge in [-0.1, -0.05) is 44.0 Å². The van der Waals surface area contributed by atoms with Gasteiger partial charge in [0.2, 0.25) is 0 Å². The summed E-state index contributed by atoms with van der Waals surface area (Å²) >= 11 is 0. The molecule has 1 aliphatic rings. The van der Waals surface area contributed by atoms with Gasteiger partial charge in [0, 0.05) is 12.0 Å². The van der Waals surface area contributed by atoms with Crippen molar-refractivity contribution in [3.63, 3.8) is 0 Å². The molecule has 1 heteroatoms. The van der Waals surface area contributed by atoms with Gasteiger partial charge in [-0.25, -0.2) is 0 Å². The highest BCUT2D eigenvalue weighted by Gasteiger charge is 2.35. The zero-order valence-electron chi connectivity index (χ0n) is 11.3. The Hall–Kier alpha value is -0.820. The van der Waals surface area contributed by atoms with Crippen LogP contribution in [0.25, 0.3) is 0 Å². The van der Waals surface area contributed by atoms with E-state index >= 15 is 0 Å². The Morgan fingerprint density at radius 1 is 1.18 bits per heavy atom. The molecule has 0 aliphatic heterocycles. The Kier molecular flexibility index (Phi) is 4.22. The van der Waals surface area contributed by atoms with Gasteiger partial charge < -0.3 is 5.32 Å². The summed E-state index contributed by atoms with van der Waals surface area (Å²) in [5.41, 5.74) is 3.47.